The third kappa shape index (κ3) is 4.02. The lowest BCUT2D eigenvalue weighted by Crippen LogP contribution is -2.28. The number of benzene rings is 2. The fourth-order valence-corrected chi connectivity index (χ4v) is 2.83. The van der Waals surface area contributed by atoms with Gasteiger partial charge in [-0.05, 0) is 42.3 Å². The Morgan fingerprint density at radius 1 is 1.09 bits per heavy atom. The fraction of sp³-hybridized carbons (Fsp3) is 0.125. The van der Waals surface area contributed by atoms with Crippen LogP contribution in [-0.4, -0.2) is 20.5 Å². The summed E-state index contributed by atoms with van der Waals surface area (Å²) in [6.07, 6.45) is 1.73. The van der Waals surface area contributed by atoms with E-state index in [1.54, 1.807) is 18.3 Å². The first-order valence-electron chi connectivity index (χ1n) is 6.61. The maximum Gasteiger partial charge on any atom is 0.264 e. The minimum atomic E-state index is -3.80. The van der Waals surface area contributed by atoms with Crippen LogP contribution < -0.4 is 4.72 Å². The zero-order valence-electron chi connectivity index (χ0n) is 12.3. The van der Waals surface area contributed by atoms with Crippen LogP contribution in [0.1, 0.15) is 18.1 Å². The average Bonchev–Trinajstić information content (AvgIpc) is 2.45. The third-order valence-electron chi connectivity index (χ3n) is 2.97. The van der Waals surface area contributed by atoms with Gasteiger partial charge in [-0.2, -0.15) is 0 Å². The summed E-state index contributed by atoms with van der Waals surface area (Å²) in [6, 6.07) is 13.8. The monoisotopic (exact) mass is 316 g/mol. The van der Waals surface area contributed by atoms with Gasteiger partial charge in [0.15, 0.2) is 0 Å². The number of amides is 1. The van der Waals surface area contributed by atoms with E-state index in [0.717, 1.165) is 18.1 Å². The SMILES string of the molecule is CC(=O)NS(=O)(=O)c1ccc(N=Cc2ccccc2C)cc1. The van der Waals surface area contributed by atoms with Crippen molar-refractivity contribution in [1.82, 2.24) is 4.72 Å². The van der Waals surface area contributed by atoms with Gasteiger partial charge in [0.05, 0.1) is 10.6 Å². The summed E-state index contributed by atoms with van der Waals surface area (Å²) in [5.74, 6) is -0.623. The van der Waals surface area contributed by atoms with E-state index in [-0.39, 0.29) is 4.90 Å². The largest absolute Gasteiger partial charge is 0.274 e. The van der Waals surface area contributed by atoms with E-state index in [1.165, 1.54) is 12.1 Å². The lowest BCUT2D eigenvalue weighted by molar-refractivity contribution is -0.117. The van der Waals surface area contributed by atoms with Crippen LogP contribution in [0.5, 0.6) is 0 Å². The molecule has 6 heteroatoms. The molecule has 0 heterocycles. The Morgan fingerprint density at radius 3 is 2.32 bits per heavy atom. The summed E-state index contributed by atoms with van der Waals surface area (Å²) in [5.41, 5.74) is 2.73. The van der Waals surface area contributed by atoms with Gasteiger partial charge in [-0.25, -0.2) is 13.1 Å². The summed E-state index contributed by atoms with van der Waals surface area (Å²) in [7, 11) is -3.80. The Morgan fingerprint density at radius 2 is 1.73 bits per heavy atom. The number of aliphatic imine (C=N–C) groups is 1. The normalized spacial score (nSPS) is 11.5. The van der Waals surface area contributed by atoms with Crippen LogP contribution in [0.25, 0.3) is 0 Å². The maximum atomic E-state index is 11.8. The highest BCUT2D eigenvalue weighted by atomic mass is 32.2. The summed E-state index contributed by atoms with van der Waals surface area (Å²) < 4.78 is 25.5. The van der Waals surface area contributed by atoms with Crippen molar-refractivity contribution in [1.29, 1.82) is 0 Å². The molecule has 0 saturated heterocycles. The molecule has 0 radical (unpaired) electrons. The lowest BCUT2D eigenvalue weighted by atomic mass is 10.1. The van der Waals surface area contributed by atoms with Crippen LogP contribution in [0.15, 0.2) is 58.4 Å². The predicted octanol–water partition coefficient (Wildman–Crippen LogP) is 2.57. The molecule has 22 heavy (non-hydrogen) atoms. The zero-order chi connectivity index (χ0) is 16.2. The van der Waals surface area contributed by atoms with Crippen LogP contribution in [0, 0.1) is 6.92 Å². The van der Waals surface area contributed by atoms with E-state index in [4.69, 9.17) is 0 Å². The van der Waals surface area contributed by atoms with Crippen molar-refractivity contribution in [2.75, 3.05) is 0 Å². The Labute approximate surface area is 129 Å². The van der Waals surface area contributed by atoms with Gasteiger partial charge in [0, 0.05) is 13.1 Å². The Kier molecular flexibility index (Phi) is 4.72. The molecule has 0 aliphatic carbocycles. The number of nitrogens with zero attached hydrogens (tertiary/aromatic N) is 1. The molecule has 1 N–H and O–H groups in total. The fourth-order valence-electron chi connectivity index (χ4n) is 1.84. The Hall–Kier alpha value is -2.47. The van der Waals surface area contributed by atoms with Crippen LogP contribution >= 0.6 is 0 Å². The van der Waals surface area contributed by atoms with Gasteiger partial charge in [-0.1, -0.05) is 24.3 Å². The maximum absolute atomic E-state index is 11.8. The summed E-state index contributed by atoms with van der Waals surface area (Å²) >= 11 is 0. The molecule has 1 amide bonds. The average molecular weight is 316 g/mol. The standard InChI is InChI=1S/C16H16N2O3S/c1-12-5-3-4-6-14(12)11-17-15-7-9-16(10-8-15)22(20,21)18-13(2)19/h3-11H,1-2H3,(H,18,19). The van der Waals surface area contributed by atoms with Gasteiger partial charge in [-0.15, -0.1) is 0 Å². The number of hydrogen-bond donors (Lipinski definition) is 1. The van der Waals surface area contributed by atoms with E-state index >= 15 is 0 Å². The van der Waals surface area contributed by atoms with Crippen LogP contribution in [0.4, 0.5) is 5.69 Å². The van der Waals surface area contributed by atoms with Crippen LogP contribution in [0.3, 0.4) is 0 Å². The minimum absolute atomic E-state index is 0.0255. The van der Waals surface area contributed by atoms with Crippen molar-refractivity contribution >= 4 is 27.8 Å². The van der Waals surface area contributed by atoms with Gasteiger partial charge in [-0.3, -0.25) is 9.79 Å². The number of nitrogens with one attached hydrogen (secondary N) is 1. The first-order chi connectivity index (χ1) is 10.4. The highest BCUT2D eigenvalue weighted by Crippen LogP contribution is 2.17. The molecule has 2 aromatic carbocycles. The molecular formula is C16H16N2O3S. The molecule has 0 saturated carbocycles. The highest BCUT2D eigenvalue weighted by molar-refractivity contribution is 7.90. The minimum Gasteiger partial charge on any atom is -0.274 e. The van der Waals surface area contributed by atoms with Crippen LogP contribution in [0.2, 0.25) is 0 Å². The van der Waals surface area contributed by atoms with E-state index in [9.17, 15) is 13.2 Å². The van der Waals surface area contributed by atoms with Crippen molar-refractivity contribution in [2.24, 2.45) is 4.99 Å². The van der Waals surface area contributed by atoms with E-state index in [2.05, 4.69) is 4.99 Å². The van der Waals surface area contributed by atoms with E-state index in [1.807, 2.05) is 35.9 Å². The molecule has 5 nitrogen and oxygen atoms in total. The number of rotatable bonds is 4. The number of sulfonamides is 1. The number of aryl methyl sites for hydroxylation is 1. The molecule has 0 unspecified atom stereocenters. The quantitative estimate of drug-likeness (QED) is 0.881. The van der Waals surface area contributed by atoms with Crippen molar-refractivity contribution in [3.8, 4) is 0 Å². The zero-order valence-corrected chi connectivity index (χ0v) is 13.1. The topological polar surface area (TPSA) is 75.6 Å². The molecule has 0 fully saturated rings. The van der Waals surface area contributed by atoms with Crippen molar-refractivity contribution in [3.05, 3.63) is 59.7 Å². The van der Waals surface area contributed by atoms with Crippen molar-refractivity contribution in [2.45, 2.75) is 18.7 Å². The summed E-state index contributed by atoms with van der Waals surface area (Å²) in [4.78, 5) is 15.2. The predicted molar refractivity (Wildman–Crippen MR) is 85.9 cm³/mol. The van der Waals surface area contributed by atoms with Gasteiger partial charge in [0.1, 0.15) is 0 Å². The second-order valence-electron chi connectivity index (χ2n) is 4.77. The summed E-state index contributed by atoms with van der Waals surface area (Å²) in [6.45, 7) is 3.14. The first-order valence-corrected chi connectivity index (χ1v) is 8.10. The van der Waals surface area contributed by atoms with Gasteiger partial charge in [0.25, 0.3) is 10.0 Å². The van der Waals surface area contributed by atoms with Crippen molar-refractivity contribution < 1.29 is 13.2 Å². The lowest BCUT2D eigenvalue weighted by Gasteiger charge is -2.04. The highest BCUT2D eigenvalue weighted by Gasteiger charge is 2.14. The molecule has 0 spiro atoms. The second kappa shape index (κ2) is 6.53. The number of carbonyl (C=O) groups excluding carboxylic acids is 1. The first kappa shape index (κ1) is 15.9. The van der Waals surface area contributed by atoms with E-state index in [0.29, 0.717) is 5.69 Å². The molecule has 0 atom stereocenters. The third-order valence-corrected chi connectivity index (χ3v) is 4.42. The smallest absolute Gasteiger partial charge is 0.264 e. The Bertz CT molecular complexity index is 810. The number of carbonyl (C=O) groups is 1. The molecular weight excluding hydrogens is 300 g/mol. The molecule has 0 aliphatic heterocycles. The molecule has 2 aromatic rings. The van der Waals surface area contributed by atoms with Gasteiger partial charge < -0.3 is 0 Å². The van der Waals surface area contributed by atoms with E-state index < -0.39 is 15.9 Å². The Balaban J connectivity index is 2.20. The molecule has 0 aliphatic rings. The van der Waals surface area contributed by atoms with Gasteiger partial charge >= 0.3 is 0 Å². The molecule has 2 rings (SSSR count). The molecule has 0 aromatic heterocycles. The second-order valence-corrected chi connectivity index (χ2v) is 6.45. The van der Waals surface area contributed by atoms with Crippen LogP contribution in [-0.2, 0) is 14.8 Å². The van der Waals surface area contributed by atoms with Gasteiger partial charge in [0.2, 0.25) is 5.91 Å². The molecule has 0 bridgehead atoms. The van der Waals surface area contributed by atoms with Crippen molar-refractivity contribution in [3.63, 3.8) is 0 Å². The number of hydrogen-bond acceptors (Lipinski definition) is 4. The molecule has 114 valence electrons. The summed E-state index contributed by atoms with van der Waals surface area (Å²) in [5, 5.41) is 0.